The second-order valence-electron chi connectivity index (χ2n) is 3.04. The first kappa shape index (κ1) is 8.81. The Hall–Kier alpha value is -1.77. The number of rotatable bonds is 2. The normalized spacial score (nSPS) is 19.7. The lowest BCUT2D eigenvalue weighted by Crippen LogP contribution is -2.11. The van der Waals surface area contributed by atoms with Crippen molar-refractivity contribution in [2.45, 2.75) is 6.04 Å². The second kappa shape index (κ2) is 3.96. The van der Waals surface area contributed by atoms with Crippen LogP contribution in [-0.2, 0) is 4.74 Å². The van der Waals surface area contributed by atoms with Gasteiger partial charge in [-0.15, -0.1) is 6.58 Å². The standard InChI is InChI=1S/C11H12N2O/c1-2-9-8-14-11(12-9)13-10-6-4-3-5-7-10/h2-7,9H,1,8H2,(H,12,13). The van der Waals surface area contributed by atoms with Crippen LogP contribution in [0.15, 0.2) is 48.0 Å². The summed E-state index contributed by atoms with van der Waals surface area (Å²) in [6.45, 7) is 4.25. The third-order valence-electron chi connectivity index (χ3n) is 1.97. The number of anilines is 1. The summed E-state index contributed by atoms with van der Waals surface area (Å²) in [6.07, 6.45) is 1.78. The fourth-order valence-corrected chi connectivity index (χ4v) is 1.22. The van der Waals surface area contributed by atoms with E-state index in [1.165, 1.54) is 0 Å². The van der Waals surface area contributed by atoms with Crippen LogP contribution < -0.4 is 5.32 Å². The van der Waals surface area contributed by atoms with Crippen LogP contribution in [-0.4, -0.2) is 18.7 Å². The molecular formula is C11H12N2O. The minimum Gasteiger partial charge on any atom is -0.462 e. The summed E-state index contributed by atoms with van der Waals surface area (Å²) in [6, 6.07) is 10.5. The maximum atomic E-state index is 5.33. The highest BCUT2D eigenvalue weighted by atomic mass is 16.5. The number of hydrogen-bond donors (Lipinski definition) is 1. The Morgan fingerprint density at radius 2 is 2.21 bits per heavy atom. The van der Waals surface area contributed by atoms with E-state index in [1.807, 2.05) is 30.3 Å². The first-order chi connectivity index (χ1) is 6.88. The molecule has 1 atom stereocenters. The summed E-state index contributed by atoms with van der Waals surface area (Å²) in [5.74, 6) is 0. The second-order valence-corrected chi connectivity index (χ2v) is 3.04. The highest BCUT2D eigenvalue weighted by Gasteiger charge is 2.15. The number of ether oxygens (including phenoxy) is 1. The summed E-state index contributed by atoms with van der Waals surface area (Å²) in [5, 5.41) is 3.09. The van der Waals surface area contributed by atoms with Crippen LogP contribution in [0, 0.1) is 0 Å². The van der Waals surface area contributed by atoms with Gasteiger partial charge in [0.05, 0.1) is 0 Å². The first-order valence-corrected chi connectivity index (χ1v) is 4.54. The molecule has 0 aliphatic carbocycles. The maximum Gasteiger partial charge on any atom is 0.289 e. The SMILES string of the molecule is C=CC1COC(Nc2ccccc2)=N1. The Morgan fingerprint density at radius 3 is 2.86 bits per heavy atom. The van der Waals surface area contributed by atoms with Gasteiger partial charge in [-0.3, -0.25) is 0 Å². The van der Waals surface area contributed by atoms with Crippen molar-refractivity contribution in [2.75, 3.05) is 11.9 Å². The predicted molar refractivity (Wildman–Crippen MR) is 57.4 cm³/mol. The molecule has 1 aromatic carbocycles. The van der Waals surface area contributed by atoms with Crippen molar-refractivity contribution >= 4 is 11.7 Å². The quantitative estimate of drug-likeness (QED) is 0.720. The summed E-state index contributed by atoms with van der Waals surface area (Å²) in [7, 11) is 0. The van der Waals surface area contributed by atoms with Crippen LogP contribution in [0.1, 0.15) is 0 Å². The smallest absolute Gasteiger partial charge is 0.289 e. The molecular weight excluding hydrogens is 176 g/mol. The highest BCUT2D eigenvalue weighted by molar-refractivity contribution is 5.90. The number of para-hydroxylation sites is 1. The van der Waals surface area contributed by atoms with Gasteiger partial charge in [0.15, 0.2) is 0 Å². The van der Waals surface area contributed by atoms with Gasteiger partial charge in [0, 0.05) is 5.69 Å². The fourth-order valence-electron chi connectivity index (χ4n) is 1.22. The van der Waals surface area contributed by atoms with Gasteiger partial charge in [-0.25, -0.2) is 4.99 Å². The van der Waals surface area contributed by atoms with Crippen molar-refractivity contribution in [1.82, 2.24) is 0 Å². The molecule has 1 N–H and O–H groups in total. The van der Waals surface area contributed by atoms with Crippen molar-refractivity contribution in [1.29, 1.82) is 0 Å². The van der Waals surface area contributed by atoms with Gasteiger partial charge in [-0.05, 0) is 12.1 Å². The molecule has 1 aliphatic heterocycles. The van der Waals surface area contributed by atoms with E-state index in [0.29, 0.717) is 12.6 Å². The van der Waals surface area contributed by atoms with Crippen LogP contribution in [0.3, 0.4) is 0 Å². The lowest BCUT2D eigenvalue weighted by molar-refractivity contribution is 0.330. The summed E-state index contributed by atoms with van der Waals surface area (Å²) in [5.41, 5.74) is 0.982. The van der Waals surface area contributed by atoms with Gasteiger partial charge >= 0.3 is 0 Å². The van der Waals surface area contributed by atoms with E-state index in [4.69, 9.17) is 4.74 Å². The van der Waals surface area contributed by atoms with Crippen molar-refractivity contribution in [3.63, 3.8) is 0 Å². The fraction of sp³-hybridized carbons (Fsp3) is 0.182. The number of nitrogens with zero attached hydrogens (tertiary/aromatic N) is 1. The van der Waals surface area contributed by atoms with Crippen molar-refractivity contribution in [2.24, 2.45) is 4.99 Å². The molecule has 1 aliphatic rings. The summed E-state index contributed by atoms with van der Waals surface area (Å²) in [4.78, 5) is 4.27. The van der Waals surface area contributed by atoms with Crippen LogP contribution in [0.5, 0.6) is 0 Å². The minimum absolute atomic E-state index is 0.0845. The topological polar surface area (TPSA) is 33.6 Å². The van der Waals surface area contributed by atoms with E-state index in [0.717, 1.165) is 5.69 Å². The number of hydrogen-bond acceptors (Lipinski definition) is 3. The predicted octanol–water partition coefficient (Wildman–Crippen LogP) is 2.04. The number of benzene rings is 1. The Kier molecular flexibility index (Phi) is 2.49. The third kappa shape index (κ3) is 1.93. The molecule has 1 heterocycles. The lowest BCUT2D eigenvalue weighted by atomic mass is 10.3. The Bertz CT molecular complexity index is 346. The molecule has 72 valence electrons. The van der Waals surface area contributed by atoms with Gasteiger partial charge < -0.3 is 10.1 Å². The van der Waals surface area contributed by atoms with E-state index in [9.17, 15) is 0 Å². The zero-order valence-electron chi connectivity index (χ0n) is 7.81. The van der Waals surface area contributed by atoms with Crippen molar-refractivity contribution in [3.05, 3.63) is 43.0 Å². The monoisotopic (exact) mass is 188 g/mol. The van der Waals surface area contributed by atoms with Gasteiger partial charge in [0.25, 0.3) is 6.02 Å². The number of amidine groups is 1. The van der Waals surface area contributed by atoms with Crippen LogP contribution >= 0.6 is 0 Å². The van der Waals surface area contributed by atoms with E-state index in [2.05, 4.69) is 16.9 Å². The van der Waals surface area contributed by atoms with Gasteiger partial charge in [-0.1, -0.05) is 24.3 Å². The Labute approximate surface area is 83.1 Å². The zero-order chi connectivity index (χ0) is 9.80. The molecule has 1 aromatic rings. The molecule has 3 heteroatoms. The number of nitrogens with one attached hydrogen (secondary N) is 1. The Balaban J connectivity index is 2.03. The highest BCUT2D eigenvalue weighted by Crippen LogP contribution is 2.10. The molecule has 0 fully saturated rings. The zero-order valence-corrected chi connectivity index (χ0v) is 7.81. The van der Waals surface area contributed by atoms with E-state index in [1.54, 1.807) is 6.08 Å². The number of aliphatic imine (C=N–C) groups is 1. The first-order valence-electron chi connectivity index (χ1n) is 4.54. The Morgan fingerprint density at radius 1 is 1.43 bits per heavy atom. The molecule has 0 bridgehead atoms. The average molecular weight is 188 g/mol. The molecule has 0 spiro atoms. The van der Waals surface area contributed by atoms with Gasteiger partial charge in [0.2, 0.25) is 0 Å². The summed E-state index contributed by atoms with van der Waals surface area (Å²) >= 11 is 0. The summed E-state index contributed by atoms with van der Waals surface area (Å²) < 4.78 is 5.33. The average Bonchev–Trinajstić information content (AvgIpc) is 2.67. The van der Waals surface area contributed by atoms with Gasteiger partial charge in [0.1, 0.15) is 12.6 Å². The molecule has 2 rings (SSSR count). The molecule has 0 radical (unpaired) electrons. The van der Waals surface area contributed by atoms with Crippen LogP contribution in [0.25, 0.3) is 0 Å². The van der Waals surface area contributed by atoms with Crippen molar-refractivity contribution in [3.8, 4) is 0 Å². The van der Waals surface area contributed by atoms with E-state index in [-0.39, 0.29) is 6.04 Å². The molecule has 0 amide bonds. The largest absolute Gasteiger partial charge is 0.462 e. The van der Waals surface area contributed by atoms with E-state index < -0.39 is 0 Å². The molecule has 1 unspecified atom stereocenters. The third-order valence-corrected chi connectivity index (χ3v) is 1.97. The van der Waals surface area contributed by atoms with E-state index >= 15 is 0 Å². The minimum atomic E-state index is 0.0845. The van der Waals surface area contributed by atoms with Crippen LogP contribution in [0.4, 0.5) is 5.69 Å². The molecule has 0 saturated carbocycles. The maximum absolute atomic E-state index is 5.33. The van der Waals surface area contributed by atoms with Crippen LogP contribution in [0.2, 0.25) is 0 Å². The van der Waals surface area contributed by atoms with Gasteiger partial charge in [-0.2, -0.15) is 0 Å². The molecule has 0 aromatic heterocycles. The molecule has 0 saturated heterocycles. The molecule has 3 nitrogen and oxygen atoms in total. The molecule has 14 heavy (non-hydrogen) atoms. The van der Waals surface area contributed by atoms with Crippen molar-refractivity contribution < 1.29 is 4.74 Å². The lowest BCUT2D eigenvalue weighted by Gasteiger charge is -2.03.